The molecule has 5 nitrogen and oxygen atoms in total. The van der Waals surface area contributed by atoms with Crippen molar-refractivity contribution in [3.05, 3.63) is 41.7 Å². The summed E-state index contributed by atoms with van der Waals surface area (Å²) >= 11 is 0. The Morgan fingerprint density at radius 1 is 1.21 bits per heavy atom. The molecule has 1 rings (SSSR count). The third-order valence-corrected chi connectivity index (χ3v) is 2.44. The highest BCUT2D eigenvalue weighted by Crippen LogP contribution is 2.17. The van der Waals surface area contributed by atoms with E-state index in [1.54, 1.807) is 24.3 Å². The van der Waals surface area contributed by atoms with Gasteiger partial charge in [0.2, 0.25) is 0 Å². The van der Waals surface area contributed by atoms with Crippen molar-refractivity contribution in [2.75, 3.05) is 7.11 Å². The Labute approximate surface area is 111 Å². The fourth-order valence-electron chi connectivity index (χ4n) is 1.49. The van der Waals surface area contributed by atoms with Crippen LogP contribution in [0.15, 0.2) is 41.7 Å². The number of carbonyl (C=O) groups excluding carboxylic acids is 2. The number of hydrogen-bond acceptors (Lipinski definition) is 5. The SMILES string of the molecule is COC(=O)/C(C(C)=O)=C(/O)C(C)Oc1ccccc1. The molecule has 1 aromatic rings. The minimum atomic E-state index is -0.881. The van der Waals surface area contributed by atoms with E-state index in [1.807, 2.05) is 6.07 Å². The average molecular weight is 264 g/mol. The molecule has 0 saturated carbocycles. The third-order valence-electron chi connectivity index (χ3n) is 2.44. The lowest BCUT2D eigenvalue weighted by Gasteiger charge is -2.16. The Hall–Kier alpha value is -2.30. The summed E-state index contributed by atoms with van der Waals surface area (Å²) in [5, 5.41) is 9.94. The second-order valence-electron chi connectivity index (χ2n) is 3.88. The average Bonchev–Trinajstić information content (AvgIpc) is 2.39. The number of Topliss-reactive ketones (excluding diaryl/α,β-unsaturated/α-hetero) is 1. The van der Waals surface area contributed by atoms with Gasteiger partial charge in [0.05, 0.1) is 7.11 Å². The molecule has 0 aliphatic carbocycles. The molecule has 19 heavy (non-hydrogen) atoms. The highest BCUT2D eigenvalue weighted by atomic mass is 16.5. The van der Waals surface area contributed by atoms with Gasteiger partial charge in [-0.05, 0) is 26.0 Å². The standard InChI is InChI=1S/C14H16O5/c1-9(15)12(14(17)18-3)13(16)10(2)19-11-7-5-4-6-8-11/h4-8,10,16H,1-3H3/b13-12+. The summed E-state index contributed by atoms with van der Waals surface area (Å²) in [4.78, 5) is 22.8. The number of methoxy groups -OCH3 is 1. The fraction of sp³-hybridized carbons (Fsp3) is 0.286. The highest BCUT2D eigenvalue weighted by Gasteiger charge is 2.25. The van der Waals surface area contributed by atoms with Crippen LogP contribution in [0.5, 0.6) is 5.75 Å². The predicted octanol–water partition coefficient (Wildman–Crippen LogP) is 2.03. The molecule has 0 bridgehead atoms. The van der Waals surface area contributed by atoms with Gasteiger partial charge < -0.3 is 14.6 Å². The normalized spacial score (nSPS) is 13.2. The summed E-state index contributed by atoms with van der Waals surface area (Å²) in [5.41, 5.74) is -0.397. The maximum Gasteiger partial charge on any atom is 0.345 e. The molecular weight excluding hydrogens is 248 g/mol. The second kappa shape index (κ2) is 6.58. The van der Waals surface area contributed by atoms with Crippen LogP contribution in [0, 0.1) is 0 Å². The number of ether oxygens (including phenoxy) is 2. The van der Waals surface area contributed by atoms with Crippen molar-refractivity contribution in [3.8, 4) is 5.75 Å². The smallest absolute Gasteiger partial charge is 0.345 e. The summed E-state index contributed by atoms with van der Waals surface area (Å²) in [6, 6.07) is 8.78. The zero-order chi connectivity index (χ0) is 14.4. The van der Waals surface area contributed by atoms with Gasteiger partial charge in [0.25, 0.3) is 0 Å². The molecule has 0 amide bonds. The minimum absolute atomic E-state index is 0.397. The minimum Gasteiger partial charge on any atom is -0.507 e. The molecule has 0 fully saturated rings. The van der Waals surface area contributed by atoms with Crippen LogP contribution in [0.4, 0.5) is 0 Å². The predicted molar refractivity (Wildman–Crippen MR) is 68.9 cm³/mol. The van der Waals surface area contributed by atoms with Gasteiger partial charge in [-0.15, -0.1) is 0 Å². The van der Waals surface area contributed by atoms with E-state index in [0.29, 0.717) is 5.75 Å². The summed E-state index contributed by atoms with van der Waals surface area (Å²) in [6.45, 7) is 2.71. The van der Waals surface area contributed by atoms with E-state index in [9.17, 15) is 14.7 Å². The summed E-state index contributed by atoms with van der Waals surface area (Å²) in [7, 11) is 1.14. The molecule has 0 aliphatic heterocycles. The molecule has 5 heteroatoms. The lowest BCUT2D eigenvalue weighted by molar-refractivity contribution is -0.138. The van der Waals surface area contributed by atoms with E-state index < -0.39 is 29.2 Å². The lowest BCUT2D eigenvalue weighted by atomic mass is 10.1. The van der Waals surface area contributed by atoms with E-state index in [2.05, 4.69) is 4.74 Å². The molecule has 1 N–H and O–H groups in total. The number of aliphatic hydroxyl groups excluding tert-OH is 1. The lowest BCUT2D eigenvalue weighted by Crippen LogP contribution is -2.23. The van der Waals surface area contributed by atoms with Crippen LogP contribution < -0.4 is 4.74 Å². The first-order chi connectivity index (χ1) is 8.97. The maximum atomic E-state index is 11.4. The zero-order valence-electron chi connectivity index (χ0n) is 11.0. The number of esters is 1. The number of hydrogen-bond donors (Lipinski definition) is 1. The van der Waals surface area contributed by atoms with Crippen molar-refractivity contribution in [2.45, 2.75) is 20.0 Å². The summed E-state index contributed by atoms with van der Waals surface area (Å²) in [5.74, 6) is -1.38. The van der Waals surface area contributed by atoms with Crippen LogP contribution in [-0.2, 0) is 14.3 Å². The molecule has 1 unspecified atom stereocenters. The largest absolute Gasteiger partial charge is 0.507 e. The molecule has 0 spiro atoms. The summed E-state index contributed by atoms with van der Waals surface area (Å²) < 4.78 is 9.90. The summed E-state index contributed by atoms with van der Waals surface area (Å²) in [6.07, 6.45) is -0.833. The van der Waals surface area contributed by atoms with Gasteiger partial charge in [0.1, 0.15) is 11.3 Å². The van der Waals surface area contributed by atoms with Gasteiger partial charge in [0, 0.05) is 0 Å². The van der Waals surface area contributed by atoms with E-state index in [1.165, 1.54) is 13.8 Å². The van der Waals surface area contributed by atoms with Crippen molar-refractivity contribution in [2.24, 2.45) is 0 Å². The Morgan fingerprint density at radius 3 is 2.26 bits per heavy atom. The number of ketones is 1. The van der Waals surface area contributed by atoms with Gasteiger partial charge in [-0.1, -0.05) is 18.2 Å². The Kier molecular flexibility index (Phi) is 5.11. The van der Waals surface area contributed by atoms with Crippen LogP contribution in [0.3, 0.4) is 0 Å². The first-order valence-electron chi connectivity index (χ1n) is 5.71. The van der Waals surface area contributed by atoms with Crippen LogP contribution in [0.25, 0.3) is 0 Å². The van der Waals surface area contributed by atoms with Crippen LogP contribution in [0.2, 0.25) is 0 Å². The molecule has 102 valence electrons. The number of carbonyl (C=O) groups is 2. The molecule has 0 radical (unpaired) electrons. The van der Waals surface area contributed by atoms with Crippen molar-refractivity contribution < 1.29 is 24.2 Å². The van der Waals surface area contributed by atoms with Crippen molar-refractivity contribution >= 4 is 11.8 Å². The number of para-hydroxylation sites is 1. The first-order valence-corrected chi connectivity index (χ1v) is 5.71. The molecule has 1 aromatic carbocycles. The monoisotopic (exact) mass is 264 g/mol. The topological polar surface area (TPSA) is 72.8 Å². The third kappa shape index (κ3) is 3.84. The highest BCUT2D eigenvalue weighted by molar-refractivity contribution is 6.16. The quantitative estimate of drug-likeness (QED) is 0.289. The molecule has 0 saturated heterocycles. The van der Waals surface area contributed by atoms with Crippen molar-refractivity contribution in [3.63, 3.8) is 0 Å². The number of benzene rings is 1. The van der Waals surface area contributed by atoms with E-state index in [4.69, 9.17) is 4.74 Å². The Bertz CT molecular complexity index is 490. The Morgan fingerprint density at radius 2 is 1.79 bits per heavy atom. The van der Waals surface area contributed by atoms with Gasteiger partial charge in [-0.3, -0.25) is 4.79 Å². The van der Waals surface area contributed by atoms with Gasteiger partial charge >= 0.3 is 5.97 Å². The number of rotatable bonds is 5. The zero-order valence-corrected chi connectivity index (χ0v) is 11.0. The van der Waals surface area contributed by atoms with Gasteiger partial charge in [0.15, 0.2) is 17.6 Å². The van der Waals surface area contributed by atoms with Crippen molar-refractivity contribution in [1.82, 2.24) is 0 Å². The van der Waals surface area contributed by atoms with Crippen LogP contribution in [-0.4, -0.2) is 30.1 Å². The van der Waals surface area contributed by atoms with Crippen molar-refractivity contribution in [1.29, 1.82) is 0 Å². The van der Waals surface area contributed by atoms with E-state index in [-0.39, 0.29) is 0 Å². The number of aliphatic hydroxyl groups is 1. The fourth-order valence-corrected chi connectivity index (χ4v) is 1.49. The van der Waals surface area contributed by atoms with E-state index >= 15 is 0 Å². The van der Waals surface area contributed by atoms with Crippen LogP contribution >= 0.6 is 0 Å². The van der Waals surface area contributed by atoms with Gasteiger partial charge in [-0.25, -0.2) is 4.79 Å². The molecule has 0 aliphatic rings. The van der Waals surface area contributed by atoms with Gasteiger partial charge in [-0.2, -0.15) is 0 Å². The molecule has 0 aromatic heterocycles. The molecule has 0 heterocycles. The first kappa shape index (κ1) is 14.8. The second-order valence-corrected chi connectivity index (χ2v) is 3.88. The molecule has 1 atom stereocenters. The Balaban J connectivity index is 2.98. The van der Waals surface area contributed by atoms with Crippen LogP contribution in [0.1, 0.15) is 13.8 Å². The van der Waals surface area contributed by atoms with E-state index in [0.717, 1.165) is 7.11 Å². The maximum absolute atomic E-state index is 11.4. The molecular formula is C14H16O5.